The van der Waals surface area contributed by atoms with Gasteiger partial charge in [0, 0.05) is 7.11 Å². The first-order chi connectivity index (χ1) is 10.7. The molecule has 0 aliphatic rings. The number of carboxylic acids is 1. The van der Waals surface area contributed by atoms with E-state index in [0.29, 0.717) is 5.69 Å². The molecule has 1 amide bonds. The van der Waals surface area contributed by atoms with Gasteiger partial charge in [0.2, 0.25) is 0 Å². The number of aromatic carboxylic acids is 1. The van der Waals surface area contributed by atoms with Crippen molar-refractivity contribution in [2.45, 2.75) is 26.4 Å². The van der Waals surface area contributed by atoms with Gasteiger partial charge in [-0.15, -0.1) is 0 Å². The first-order valence-corrected chi connectivity index (χ1v) is 7.11. The summed E-state index contributed by atoms with van der Waals surface area (Å²) in [5.41, 5.74) is -0.394. The number of carbonyl (C=O) groups excluding carboxylic acids is 1. The van der Waals surface area contributed by atoms with Crippen LogP contribution in [0.4, 0.5) is 10.5 Å². The van der Waals surface area contributed by atoms with Crippen molar-refractivity contribution in [2.75, 3.05) is 32.3 Å². The Kier molecular flexibility index (Phi) is 6.38. The summed E-state index contributed by atoms with van der Waals surface area (Å²) in [5.74, 6) is -1.04. The number of nitrogens with zero attached hydrogens (tertiary/aromatic N) is 1. The van der Waals surface area contributed by atoms with E-state index in [1.165, 1.54) is 25.2 Å². The molecule has 0 aliphatic carbocycles. The van der Waals surface area contributed by atoms with Gasteiger partial charge in [-0.05, 0) is 32.9 Å². The zero-order valence-corrected chi connectivity index (χ0v) is 14.1. The zero-order chi connectivity index (χ0) is 17.6. The third-order valence-electron chi connectivity index (χ3n) is 2.85. The minimum atomic E-state index is -1.14. The van der Waals surface area contributed by atoms with Crippen molar-refractivity contribution >= 4 is 17.7 Å². The van der Waals surface area contributed by atoms with Gasteiger partial charge in [-0.2, -0.15) is 0 Å². The molecule has 7 heteroatoms. The first kappa shape index (κ1) is 18.8. The van der Waals surface area contributed by atoms with Crippen LogP contribution in [0.3, 0.4) is 0 Å². The molecule has 1 rings (SSSR count). The minimum Gasteiger partial charge on any atom is -0.494 e. The van der Waals surface area contributed by atoms with Gasteiger partial charge in [0.1, 0.15) is 11.2 Å². The smallest absolute Gasteiger partial charge is 0.415 e. The monoisotopic (exact) mass is 325 g/mol. The Labute approximate surface area is 135 Å². The molecule has 23 heavy (non-hydrogen) atoms. The lowest BCUT2D eigenvalue weighted by Gasteiger charge is -2.28. The quantitative estimate of drug-likeness (QED) is 0.865. The van der Waals surface area contributed by atoms with E-state index in [-0.39, 0.29) is 24.5 Å². The molecule has 0 saturated carbocycles. The molecule has 1 aromatic rings. The molecule has 1 N–H and O–H groups in total. The molecular formula is C16H23NO6. The predicted octanol–water partition coefficient (Wildman–Crippen LogP) is 2.78. The number of hydrogen-bond donors (Lipinski definition) is 1. The van der Waals surface area contributed by atoms with E-state index in [4.69, 9.17) is 14.2 Å². The fourth-order valence-corrected chi connectivity index (χ4v) is 1.93. The molecule has 1 aromatic carbocycles. The van der Waals surface area contributed by atoms with Crippen molar-refractivity contribution in [1.82, 2.24) is 0 Å². The highest BCUT2D eigenvalue weighted by Gasteiger charge is 2.27. The highest BCUT2D eigenvalue weighted by atomic mass is 16.6. The third kappa shape index (κ3) is 5.14. The number of para-hydroxylation sites is 1. The zero-order valence-electron chi connectivity index (χ0n) is 14.1. The Balaban J connectivity index is 3.29. The van der Waals surface area contributed by atoms with E-state index >= 15 is 0 Å². The van der Waals surface area contributed by atoms with Crippen LogP contribution in [0.25, 0.3) is 0 Å². The fraction of sp³-hybridized carbons (Fsp3) is 0.500. The number of methoxy groups -OCH3 is 2. The van der Waals surface area contributed by atoms with Crippen molar-refractivity contribution in [2.24, 2.45) is 0 Å². The summed E-state index contributed by atoms with van der Waals surface area (Å²) in [6.45, 7) is 5.73. The molecule has 0 atom stereocenters. The number of hydrogen-bond acceptors (Lipinski definition) is 5. The molecule has 0 unspecified atom stereocenters. The van der Waals surface area contributed by atoms with Crippen LogP contribution in [-0.4, -0.2) is 50.1 Å². The lowest BCUT2D eigenvalue weighted by atomic mass is 10.1. The van der Waals surface area contributed by atoms with Gasteiger partial charge >= 0.3 is 12.1 Å². The number of anilines is 1. The van der Waals surface area contributed by atoms with Crippen LogP contribution >= 0.6 is 0 Å². The molecule has 0 aromatic heterocycles. The molecule has 128 valence electrons. The lowest BCUT2D eigenvalue weighted by Crippen LogP contribution is -2.39. The maximum atomic E-state index is 12.5. The van der Waals surface area contributed by atoms with Crippen molar-refractivity contribution in [3.63, 3.8) is 0 Å². The third-order valence-corrected chi connectivity index (χ3v) is 2.85. The summed E-state index contributed by atoms with van der Waals surface area (Å²) in [7, 11) is 2.87. The molecule has 0 radical (unpaired) electrons. The van der Waals surface area contributed by atoms with Crippen LogP contribution < -0.4 is 9.64 Å². The molecule has 0 spiro atoms. The van der Waals surface area contributed by atoms with Gasteiger partial charge < -0.3 is 19.3 Å². The van der Waals surface area contributed by atoms with Gasteiger partial charge in [0.05, 0.1) is 25.9 Å². The molecule has 0 aliphatic heterocycles. The van der Waals surface area contributed by atoms with Crippen molar-refractivity contribution in [3.05, 3.63) is 23.8 Å². The average Bonchev–Trinajstić information content (AvgIpc) is 2.45. The van der Waals surface area contributed by atoms with Crippen LogP contribution in [0.2, 0.25) is 0 Å². The predicted molar refractivity (Wildman–Crippen MR) is 85.4 cm³/mol. The summed E-state index contributed by atoms with van der Waals surface area (Å²) in [4.78, 5) is 25.1. The Morgan fingerprint density at radius 3 is 2.35 bits per heavy atom. The molecule has 0 bridgehead atoms. The molecule has 0 saturated heterocycles. The van der Waals surface area contributed by atoms with E-state index in [1.807, 2.05) is 0 Å². The normalized spacial score (nSPS) is 11.0. The largest absolute Gasteiger partial charge is 0.494 e. The Morgan fingerprint density at radius 1 is 1.22 bits per heavy atom. The second kappa shape index (κ2) is 7.82. The number of benzene rings is 1. The standard InChI is InChI=1S/C16H23NO6/c1-16(2,3)23-15(20)17(9-10-21-4)12-8-6-7-11(14(18)19)13(12)22-5/h6-8H,9-10H2,1-5H3,(H,18,19). The van der Waals surface area contributed by atoms with E-state index in [1.54, 1.807) is 32.9 Å². The average molecular weight is 325 g/mol. The van der Waals surface area contributed by atoms with Gasteiger partial charge in [0.15, 0.2) is 5.75 Å². The van der Waals surface area contributed by atoms with Gasteiger partial charge in [-0.3, -0.25) is 4.90 Å². The van der Waals surface area contributed by atoms with Gasteiger partial charge in [0.25, 0.3) is 0 Å². The van der Waals surface area contributed by atoms with Crippen molar-refractivity contribution < 1.29 is 28.9 Å². The van der Waals surface area contributed by atoms with Gasteiger partial charge in [-0.1, -0.05) is 6.07 Å². The van der Waals surface area contributed by atoms with E-state index in [9.17, 15) is 14.7 Å². The van der Waals surface area contributed by atoms with E-state index in [0.717, 1.165) is 0 Å². The second-order valence-corrected chi connectivity index (χ2v) is 5.79. The second-order valence-electron chi connectivity index (χ2n) is 5.79. The van der Waals surface area contributed by atoms with Crippen molar-refractivity contribution in [1.29, 1.82) is 0 Å². The summed E-state index contributed by atoms with van der Waals surface area (Å²) >= 11 is 0. The molecule has 0 fully saturated rings. The van der Waals surface area contributed by atoms with Crippen LogP contribution in [0, 0.1) is 0 Å². The Bertz CT molecular complexity index is 564. The molecular weight excluding hydrogens is 302 g/mol. The topological polar surface area (TPSA) is 85.3 Å². The van der Waals surface area contributed by atoms with Gasteiger partial charge in [-0.25, -0.2) is 9.59 Å². The van der Waals surface area contributed by atoms with Crippen molar-refractivity contribution in [3.8, 4) is 5.75 Å². The number of amides is 1. The van der Waals surface area contributed by atoms with Crippen LogP contribution in [0.5, 0.6) is 5.75 Å². The SMILES string of the molecule is COCCN(C(=O)OC(C)(C)C)c1cccc(C(=O)O)c1OC. The lowest BCUT2D eigenvalue weighted by molar-refractivity contribution is 0.0566. The van der Waals surface area contributed by atoms with Crippen LogP contribution in [0.1, 0.15) is 31.1 Å². The highest BCUT2D eigenvalue weighted by molar-refractivity contribution is 5.97. The fourth-order valence-electron chi connectivity index (χ4n) is 1.93. The first-order valence-electron chi connectivity index (χ1n) is 7.11. The maximum absolute atomic E-state index is 12.5. The van der Waals surface area contributed by atoms with E-state index < -0.39 is 17.7 Å². The molecule has 7 nitrogen and oxygen atoms in total. The Hall–Kier alpha value is -2.28. The maximum Gasteiger partial charge on any atom is 0.415 e. The summed E-state index contributed by atoms with van der Waals surface area (Å²) in [6, 6.07) is 4.56. The Morgan fingerprint density at radius 2 is 1.87 bits per heavy atom. The summed E-state index contributed by atoms with van der Waals surface area (Å²) in [5, 5.41) is 9.26. The highest BCUT2D eigenvalue weighted by Crippen LogP contribution is 2.33. The number of rotatable bonds is 6. The van der Waals surface area contributed by atoms with E-state index in [2.05, 4.69) is 0 Å². The van der Waals surface area contributed by atoms with Crippen LogP contribution in [-0.2, 0) is 9.47 Å². The number of ether oxygens (including phenoxy) is 3. The number of carboxylic acid groups (broad SMARTS) is 1. The van der Waals surface area contributed by atoms with Crippen LogP contribution in [0.15, 0.2) is 18.2 Å². The summed E-state index contributed by atoms with van der Waals surface area (Å²) in [6.07, 6.45) is -0.601. The number of carbonyl (C=O) groups is 2. The molecule has 0 heterocycles. The summed E-state index contributed by atoms with van der Waals surface area (Å²) < 4.78 is 15.6. The minimum absolute atomic E-state index is 0.0315.